The third kappa shape index (κ3) is 4.73. The van der Waals surface area contributed by atoms with Crippen LogP contribution in [0.15, 0.2) is 30.3 Å². The Balaban J connectivity index is 1.99. The van der Waals surface area contributed by atoms with E-state index in [1.807, 2.05) is 0 Å². The van der Waals surface area contributed by atoms with Crippen molar-refractivity contribution in [2.75, 3.05) is 6.61 Å². The van der Waals surface area contributed by atoms with E-state index in [1.165, 1.54) is 43.4 Å². The molecular weight excluding hydrogens is 360 g/mol. The van der Waals surface area contributed by atoms with Crippen LogP contribution in [0.2, 0.25) is 0 Å². The van der Waals surface area contributed by atoms with Crippen LogP contribution in [0.1, 0.15) is 37.4 Å². The maximum atomic E-state index is 12.1. The summed E-state index contributed by atoms with van der Waals surface area (Å²) in [5.41, 5.74) is 0.0415. The SMILES string of the molecule is CC(=O)NCc1ccc(C(=O)COC(=O)c2cccc([N+](=O)[O-])c2C)s1. The number of ether oxygens (including phenoxy) is 1. The number of nitro groups is 1. The molecule has 0 spiro atoms. The average molecular weight is 376 g/mol. The Morgan fingerprint density at radius 1 is 1.23 bits per heavy atom. The Bertz CT molecular complexity index is 874. The van der Waals surface area contributed by atoms with Gasteiger partial charge in [0, 0.05) is 23.4 Å². The first kappa shape index (κ1) is 19.3. The van der Waals surface area contributed by atoms with Crippen molar-refractivity contribution in [2.45, 2.75) is 20.4 Å². The van der Waals surface area contributed by atoms with Crippen LogP contribution in [-0.4, -0.2) is 29.2 Å². The fourth-order valence-electron chi connectivity index (χ4n) is 2.16. The number of amides is 1. The lowest BCUT2D eigenvalue weighted by atomic mass is 10.1. The van der Waals surface area contributed by atoms with Crippen molar-refractivity contribution in [3.8, 4) is 0 Å². The molecule has 0 aliphatic rings. The molecule has 2 rings (SSSR count). The topological polar surface area (TPSA) is 116 Å². The number of hydrogen-bond acceptors (Lipinski definition) is 7. The number of thiophene rings is 1. The molecule has 1 heterocycles. The monoisotopic (exact) mass is 376 g/mol. The maximum Gasteiger partial charge on any atom is 0.339 e. The van der Waals surface area contributed by atoms with Crippen LogP contribution in [-0.2, 0) is 16.1 Å². The van der Waals surface area contributed by atoms with E-state index in [2.05, 4.69) is 5.32 Å². The van der Waals surface area contributed by atoms with Crippen LogP contribution in [0.3, 0.4) is 0 Å². The molecule has 26 heavy (non-hydrogen) atoms. The van der Waals surface area contributed by atoms with E-state index in [4.69, 9.17) is 4.74 Å². The number of rotatable bonds is 7. The summed E-state index contributed by atoms with van der Waals surface area (Å²) in [6.45, 7) is 2.69. The Kier molecular flexibility index (Phi) is 6.18. The number of Topliss-reactive ketones (excluding diaryl/α,β-unsaturated/α-hetero) is 1. The highest BCUT2D eigenvalue weighted by molar-refractivity contribution is 7.14. The number of hydrogen-bond donors (Lipinski definition) is 1. The predicted molar refractivity (Wildman–Crippen MR) is 94.3 cm³/mol. The first-order valence-corrected chi connectivity index (χ1v) is 8.38. The van der Waals surface area contributed by atoms with E-state index < -0.39 is 17.5 Å². The number of nitrogens with one attached hydrogen (secondary N) is 1. The molecule has 0 saturated carbocycles. The number of carbonyl (C=O) groups is 3. The van der Waals surface area contributed by atoms with Crippen LogP contribution in [0.5, 0.6) is 0 Å². The summed E-state index contributed by atoms with van der Waals surface area (Å²) in [6, 6.07) is 7.39. The van der Waals surface area contributed by atoms with Crippen LogP contribution in [0.4, 0.5) is 5.69 Å². The lowest BCUT2D eigenvalue weighted by Crippen LogP contribution is -2.18. The number of carbonyl (C=O) groups excluding carboxylic acids is 3. The van der Waals surface area contributed by atoms with Crippen molar-refractivity contribution in [1.82, 2.24) is 5.32 Å². The van der Waals surface area contributed by atoms with Gasteiger partial charge < -0.3 is 10.1 Å². The zero-order valence-corrected chi connectivity index (χ0v) is 14.9. The van der Waals surface area contributed by atoms with Crippen LogP contribution in [0, 0.1) is 17.0 Å². The van der Waals surface area contributed by atoms with Gasteiger partial charge in [-0.25, -0.2) is 4.79 Å². The number of nitro benzene ring substituents is 1. The van der Waals surface area contributed by atoms with E-state index in [-0.39, 0.29) is 28.5 Å². The van der Waals surface area contributed by atoms with Crippen molar-refractivity contribution < 1.29 is 24.0 Å². The predicted octanol–water partition coefficient (Wildman–Crippen LogP) is 2.64. The van der Waals surface area contributed by atoms with Crippen LogP contribution >= 0.6 is 11.3 Å². The van der Waals surface area contributed by atoms with E-state index >= 15 is 0 Å². The second-order valence-corrected chi connectivity index (χ2v) is 6.55. The summed E-state index contributed by atoms with van der Waals surface area (Å²) in [5.74, 6) is -1.36. The highest BCUT2D eigenvalue weighted by atomic mass is 32.1. The van der Waals surface area contributed by atoms with Crippen molar-refractivity contribution in [2.24, 2.45) is 0 Å². The molecule has 0 aliphatic heterocycles. The highest BCUT2D eigenvalue weighted by Gasteiger charge is 2.20. The van der Waals surface area contributed by atoms with Gasteiger partial charge in [0.05, 0.1) is 21.9 Å². The lowest BCUT2D eigenvalue weighted by Gasteiger charge is -2.06. The van der Waals surface area contributed by atoms with Gasteiger partial charge in [-0.15, -0.1) is 11.3 Å². The molecule has 1 aromatic heterocycles. The lowest BCUT2D eigenvalue weighted by molar-refractivity contribution is -0.385. The number of ketones is 1. The summed E-state index contributed by atoms with van der Waals surface area (Å²) in [7, 11) is 0. The summed E-state index contributed by atoms with van der Waals surface area (Å²) < 4.78 is 4.99. The number of esters is 1. The minimum absolute atomic E-state index is 0.0459. The Hall–Kier alpha value is -3.07. The van der Waals surface area contributed by atoms with Gasteiger partial charge in [-0.2, -0.15) is 0 Å². The van der Waals surface area contributed by atoms with Gasteiger partial charge in [-0.3, -0.25) is 19.7 Å². The maximum absolute atomic E-state index is 12.1. The standard InChI is InChI=1S/C17H16N2O6S/c1-10-13(4-3-5-14(10)19(23)24)17(22)25-9-15(21)16-7-6-12(26-16)8-18-11(2)20/h3-7H,8-9H2,1-2H3,(H,18,20). The molecule has 1 aromatic carbocycles. The quantitative estimate of drug-likeness (QED) is 0.344. The smallest absolute Gasteiger partial charge is 0.339 e. The minimum Gasteiger partial charge on any atom is -0.454 e. The summed E-state index contributed by atoms with van der Waals surface area (Å²) in [5, 5.41) is 13.5. The molecule has 0 bridgehead atoms. The summed E-state index contributed by atoms with van der Waals surface area (Å²) >= 11 is 1.20. The van der Waals surface area contributed by atoms with Gasteiger partial charge >= 0.3 is 5.97 Å². The molecular formula is C17H16N2O6S. The van der Waals surface area contributed by atoms with Gasteiger partial charge in [0.25, 0.3) is 5.69 Å². The first-order chi connectivity index (χ1) is 12.3. The molecule has 1 N–H and O–H groups in total. The molecule has 136 valence electrons. The second-order valence-electron chi connectivity index (χ2n) is 5.38. The van der Waals surface area contributed by atoms with Crippen molar-refractivity contribution >= 4 is 34.7 Å². The molecule has 0 unspecified atom stereocenters. The van der Waals surface area contributed by atoms with E-state index in [9.17, 15) is 24.5 Å². The molecule has 0 aliphatic carbocycles. The van der Waals surface area contributed by atoms with Crippen molar-refractivity contribution in [1.29, 1.82) is 0 Å². The van der Waals surface area contributed by atoms with Crippen molar-refractivity contribution in [3.05, 3.63) is 61.3 Å². The van der Waals surface area contributed by atoms with Gasteiger partial charge in [-0.05, 0) is 25.1 Å². The molecule has 0 fully saturated rings. The van der Waals surface area contributed by atoms with E-state index in [0.717, 1.165) is 4.88 Å². The van der Waals surface area contributed by atoms with Crippen LogP contribution < -0.4 is 5.32 Å². The zero-order chi connectivity index (χ0) is 19.3. The Morgan fingerprint density at radius 3 is 2.62 bits per heavy atom. The number of nitrogens with zero attached hydrogens (tertiary/aromatic N) is 1. The molecule has 8 nitrogen and oxygen atoms in total. The third-order valence-electron chi connectivity index (χ3n) is 3.50. The first-order valence-electron chi connectivity index (χ1n) is 7.57. The summed E-state index contributed by atoms with van der Waals surface area (Å²) in [4.78, 5) is 46.7. The van der Waals surface area contributed by atoms with Gasteiger partial charge in [0.15, 0.2) is 6.61 Å². The molecule has 0 saturated heterocycles. The second kappa shape index (κ2) is 8.34. The fourth-order valence-corrected chi connectivity index (χ4v) is 3.03. The Labute approximate surface area is 152 Å². The summed E-state index contributed by atoms with van der Waals surface area (Å²) in [6.07, 6.45) is 0. The molecule has 2 aromatic rings. The van der Waals surface area contributed by atoms with Gasteiger partial charge in [-0.1, -0.05) is 6.07 Å². The molecule has 0 atom stereocenters. The van der Waals surface area contributed by atoms with Crippen LogP contribution in [0.25, 0.3) is 0 Å². The molecule has 9 heteroatoms. The van der Waals surface area contributed by atoms with Gasteiger partial charge in [0.1, 0.15) is 0 Å². The molecule has 0 radical (unpaired) electrons. The van der Waals surface area contributed by atoms with E-state index in [0.29, 0.717) is 11.4 Å². The van der Waals surface area contributed by atoms with Gasteiger partial charge in [0.2, 0.25) is 11.7 Å². The molecule has 1 amide bonds. The van der Waals surface area contributed by atoms with Crippen molar-refractivity contribution in [3.63, 3.8) is 0 Å². The average Bonchev–Trinajstić information content (AvgIpc) is 3.06. The minimum atomic E-state index is -0.797. The normalized spacial score (nSPS) is 10.2. The number of benzene rings is 1. The Morgan fingerprint density at radius 2 is 1.96 bits per heavy atom. The zero-order valence-electron chi connectivity index (χ0n) is 14.1. The highest BCUT2D eigenvalue weighted by Crippen LogP contribution is 2.22. The fraction of sp³-hybridized carbons (Fsp3) is 0.235. The van der Waals surface area contributed by atoms with E-state index in [1.54, 1.807) is 12.1 Å². The third-order valence-corrected chi connectivity index (χ3v) is 4.63. The largest absolute Gasteiger partial charge is 0.454 e.